The first-order chi connectivity index (χ1) is 11.7. The quantitative estimate of drug-likeness (QED) is 0.746. The summed E-state index contributed by atoms with van der Waals surface area (Å²) in [6.45, 7) is 6.06. The molecule has 1 rings (SSSR count). The first-order valence-corrected chi connectivity index (χ1v) is 8.06. The lowest BCUT2D eigenvalue weighted by molar-refractivity contribution is -0.128. The molecule has 0 aliphatic rings. The molecule has 0 unspecified atom stereocenters. The number of hydrogen-bond acceptors (Lipinski definition) is 5. The first-order valence-electron chi connectivity index (χ1n) is 8.06. The van der Waals surface area contributed by atoms with Gasteiger partial charge in [-0.25, -0.2) is 0 Å². The highest BCUT2D eigenvalue weighted by Gasteiger charge is 2.20. The molecule has 2 N–H and O–H groups in total. The first kappa shape index (κ1) is 20.6. The second-order valence-electron chi connectivity index (χ2n) is 6.55. The Morgan fingerprint density at radius 3 is 2.00 bits per heavy atom. The fourth-order valence-electron chi connectivity index (χ4n) is 2.07. The number of nitrogens with one attached hydrogen (secondary N) is 2. The lowest BCUT2D eigenvalue weighted by Gasteiger charge is -2.17. The lowest BCUT2D eigenvalue weighted by atomic mass is 9.96. The van der Waals surface area contributed by atoms with E-state index in [1.165, 1.54) is 0 Å². The minimum Gasteiger partial charge on any atom is -0.496 e. The Labute approximate surface area is 149 Å². The van der Waals surface area contributed by atoms with E-state index in [0.717, 1.165) is 5.56 Å². The van der Waals surface area contributed by atoms with Gasteiger partial charge in [-0.1, -0.05) is 20.8 Å². The third-order valence-electron chi connectivity index (χ3n) is 3.58. The third kappa shape index (κ3) is 6.17. The zero-order chi connectivity index (χ0) is 19.0. The van der Waals surface area contributed by atoms with Crippen molar-refractivity contribution >= 4 is 11.8 Å². The molecule has 140 valence electrons. The fourth-order valence-corrected chi connectivity index (χ4v) is 2.07. The Morgan fingerprint density at radius 2 is 1.48 bits per heavy atom. The van der Waals surface area contributed by atoms with Crippen molar-refractivity contribution in [3.63, 3.8) is 0 Å². The number of amides is 2. The highest BCUT2D eigenvalue weighted by atomic mass is 16.5. The second kappa shape index (κ2) is 9.15. The molecule has 0 radical (unpaired) electrons. The summed E-state index contributed by atoms with van der Waals surface area (Å²) in [5.74, 6) is 1.47. The van der Waals surface area contributed by atoms with E-state index in [1.54, 1.807) is 33.5 Å². The molecule has 0 spiro atoms. The number of hydrogen-bond donors (Lipinski definition) is 2. The van der Waals surface area contributed by atoms with Gasteiger partial charge in [0.05, 0.1) is 21.3 Å². The normalized spacial score (nSPS) is 10.8. The van der Waals surface area contributed by atoms with Crippen molar-refractivity contribution in [3.05, 3.63) is 17.7 Å². The van der Waals surface area contributed by atoms with Crippen LogP contribution in [0.25, 0.3) is 0 Å². The van der Waals surface area contributed by atoms with Gasteiger partial charge in [0.1, 0.15) is 5.75 Å². The summed E-state index contributed by atoms with van der Waals surface area (Å²) in [7, 11) is 4.64. The van der Waals surface area contributed by atoms with E-state index in [1.807, 2.05) is 20.8 Å². The van der Waals surface area contributed by atoms with Crippen LogP contribution in [-0.2, 0) is 16.1 Å². The molecule has 1 aromatic rings. The van der Waals surface area contributed by atoms with Gasteiger partial charge in [-0.15, -0.1) is 0 Å². The molecule has 0 aromatic heterocycles. The molecule has 25 heavy (non-hydrogen) atoms. The molecule has 2 amide bonds. The number of ether oxygens (including phenoxy) is 3. The predicted octanol–water partition coefficient (Wildman–Crippen LogP) is 1.88. The number of benzene rings is 1. The summed E-state index contributed by atoms with van der Waals surface area (Å²) in [6, 6.07) is 3.48. The van der Waals surface area contributed by atoms with Crippen molar-refractivity contribution in [2.45, 2.75) is 33.7 Å². The summed E-state index contributed by atoms with van der Waals surface area (Å²) in [5, 5.41) is 5.55. The molecular weight excluding hydrogens is 324 g/mol. The molecule has 0 heterocycles. The molecular formula is C18H28N2O5. The average Bonchev–Trinajstić information content (AvgIpc) is 2.57. The smallest absolute Gasteiger partial charge is 0.225 e. The molecule has 0 aliphatic carbocycles. The highest BCUT2D eigenvalue weighted by molar-refractivity contribution is 5.82. The van der Waals surface area contributed by atoms with Crippen LogP contribution in [-0.4, -0.2) is 39.7 Å². The molecule has 7 nitrogen and oxygen atoms in total. The van der Waals surface area contributed by atoms with Gasteiger partial charge >= 0.3 is 0 Å². The van der Waals surface area contributed by atoms with Crippen molar-refractivity contribution in [2.24, 2.45) is 5.41 Å². The lowest BCUT2D eigenvalue weighted by Crippen LogP contribution is -2.37. The van der Waals surface area contributed by atoms with Crippen LogP contribution in [0.3, 0.4) is 0 Å². The monoisotopic (exact) mass is 352 g/mol. The van der Waals surface area contributed by atoms with Crippen LogP contribution in [0.1, 0.15) is 32.8 Å². The predicted molar refractivity (Wildman–Crippen MR) is 95.0 cm³/mol. The van der Waals surface area contributed by atoms with Crippen molar-refractivity contribution in [2.75, 3.05) is 27.9 Å². The van der Waals surface area contributed by atoms with E-state index in [2.05, 4.69) is 10.6 Å². The van der Waals surface area contributed by atoms with Gasteiger partial charge in [0.25, 0.3) is 0 Å². The van der Waals surface area contributed by atoms with Gasteiger partial charge in [0.15, 0.2) is 11.5 Å². The number of methoxy groups -OCH3 is 3. The van der Waals surface area contributed by atoms with E-state index >= 15 is 0 Å². The Balaban J connectivity index is 2.59. The summed E-state index contributed by atoms with van der Waals surface area (Å²) >= 11 is 0. The maximum atomic E-state index is 12.0. The van der Waals surface area contributed by atoms with Gasteiger partial charge in [-0.2, -0.15) is 0 Å². The topological polar surface area (TPSA) is 85.9 Å². The second-order valence-corrected chi connectivity index (χ2v) is 6.55. The van der Waals surface area contributed by atoms with Crippen molar-refractivity contribution in [1.29, 1.82) is 0 Å². The van der Waals surface area contributed by atoms with Gasteiger partial charge in [-0.05, 0) is 6.07 Å². The van der Waals surface area contributed by atoms with Gasteiger partial charge in [0, 0.05) is 36.6 Å². The van der Waals surface area contributed by atoms with Crippen molar-refractivity contribution in [3.8, 4) is 17.2 Å². The van der Waals surface area contributed by atoms with Gasteiger partial charge in [0.2, 0.25) is 11.8 Å². The molecule has 0 fully saturated rings. The van der Waals surface area contributed by atoms with Crippen LogP contribution in [0.4, 0.5) is 0 Å². The number of carbonyl (C=O) groups is 2. The van der Waals surface area contributed by atoms with Crippen LogP contribution in [0.2, 0.25) is 0 Å². The SMILES string of the molecule is COc1cc(OC)c(OC)cc1CNC(=O)CCNC(=O)C(C)(C)C. The zero-order valence-corrected chi connectivity index (χ0v) is 15.8. The van der Waals surface area contributed by atoms with Crippen LogP contribution < -0.4 is 24.8 Å². The molecule has 1 aromatic carbocycles. The largest absolute Gasteiger partial charge is 0.496 e. The molecule has 0 bridgehead atoms. The van der Waals surface area contributed by atoms with E-state index in [4.69, 9.17) is 14.2 Å². The zero-order valence-electron chi connectivity index (χ0n) is 15.8. The standard InChI is InChI=1S/C18H28N2O5/c1-18(2,3)17(22)19-8-7-16(21)20-11-12-9-14(24-5)15(25-6)10-13(12)23-4/h9-10H,7-8,11H2,1-6H3,(H,19,22)(H,20,21). The Morgan fingerprint density at radius 1 is 0.920 bits per heavy atom. The van der Waals surface area contributed by atoms with E-state index in [-0.39, 0.29) is 24.8 Å². The fraction of sp³-hybridized carbons (Fsp3) is 0.556. The van der Waals surface area contributed by atoms with Crippen molar-refractivity contribution < 1.29 is 23.8 Å². The summed E-state index contributed by atoms with van der Waals surface area (Å²) < 4.78 is 15.8. The van der Waals surface area contributed by atoms with Gasteiger partial charge in [-0.3, -0.25) is 9.59 Å². The maximum Gasteiger partial charge on any atom is 0.225 e. The van der Waals surface area contributed by atoms with Crippen molar-refractivity contribution in [1.82, 2.24) is 10.6 Å². The number of rotatable bonds is 8. The Kier molecular flexibility index (Phi) is 7.54. The average molecular weight is 352 g/mol. The van der Waals surface area contributed by atoms with Crippen LogP contribution in [0.15, 0.2) is 12.1 Å². The van der Waals surface area contributed by atoms with Crippen LogP contribution >= 0.6 is 0 Å². The summed E-state index contributed by atoms with van der Waals surface area (Å²) in [5.41, 5.74) is 0.302. The van der Waals surface area contributed by atoms with E-state index in [0.29, 0.717) is 23.8 Å². The maximum absolute atomic E-state index is 12.0. The van der Waals surface area contributed by atoms with Crippen LogP contribution in [0.5, 0.6) is 17.2 Å². The minimum absolute atomic E-state index is 0.0816. The van der Waals surface area contributed by atoms with E-state index < -0.39 is 5.41 Å². The van der Waals surface area contributed by atoms with Crippen LogP contribution in [0, 0.1) is 5.41 Å². The van der Waals surface area contributed by atoms with E-state index in [9.17, 15) is 9.59 Å². The molecule has 0 saturated carbocycles. The summed E-state index contributed by atoms with van der Waals surface area (Å²) in [4.78, 5) is 23.7. The Hall–Kier alpha value is -2.44. The Bertz CT molecular complexity index is 608. The highest BCUT2D eigenvalue weighted by Crippen LogP contribution is 2.34. The minimum atomic E-state index is -0.469. The molecule has 0 saturated heterocycles. The number of carbonyl (C=O) groups excluding carboxylic acids is 2. The summed E-state index contributed by atoms with van der Waals surface area (Å²) in [6.07, 6.45) is 0.206. The molecule has 7 heteroatoms. The third-order valence-corrected chi connectivity index (χ3v) is 3.58. The molecule has 0 aliphatic heterocycles. The molecule has 0 atom stereocenters. The van der Waals surface area contributed by atoms with Gasteiger partial charge < -0.3 is 24.8 Å².